The maximum Gasteiger partial charge on any atom is 0.186 e. The number of ether oxygens (including phenoxy) is 4. The maximum atomic E-state index is 11.9. The molecule has 37 heavy (non-hydrogen) atoms. The van der Waals surface area contributed by atoms with E-state index in [1.54, 1.807) is 13.0 Å². The Labute approximate surface area is 216 Å². The summed E-state index contributed by atoms with van der Waals surface area (Å²) >= 11 is 0. The van der Waals surface area contributed by atoms with Gasteiger partial charge < -0.3 is 54.7 Å². The molecule has 0 aromatic carbocycles. The van der Waals surface area contributed by atoms with Crippen LogP contribution in [0, 0.1) is 11.3 Å². The van der Waals surface area contributed by atoms with Crippen molar-refractivity contribution in [3.8, 4) is 0 Å². The summed E-state index contributed by atoms with van der Waals surface area (Å²) in [7, 11) is 0. The molecule has 12 heteroatoms. The van der Waals surface area contributed by atoms with E-state index >= 15 is 0 Å². The Morgan fingerprint density at radius 3 is 2.11 bits per heavy atom. The van der Waals surface area contributed by atoms with Crippen LogP contribution in [0.2, 0.25) is 0 Å². The van der Waals surface area contributed by atoms with Crippen molar-refractivity contribution >= 4 is 5.78 Å². The van der Waals surface area contributed by atoms with Crippen molar-refractivity contribution in [3.63, 3.8) is 0 Å². The fourth-order valence-corrected chi connectivity index (χ4v) is 5.47. The number of aliphatic hydroxyl groups is 7. The summed E-state index contributed by atoms with van der Waals surface area (Å²) in [6.45, 7) is 6.81. The number of rotatable bonds is 9. The third-order valence-corrected chi connectivity index (χ3v) is 7.68. The summed E-state index contributed by atoms with van der Waals surface area (Å²) in [6, 6.07) is 0. The minimum Gasteiger partial charge on any atom is -0.394 e. The molecule has 2 heterocycles. The number of carbonyl (C=O) groups excluding carboxylic acids is 1. The van der Waals surface area contributed by atoms with Gasteiger partial charge in [0.05, 0.1) is 19.3 Å². The molecular formula is C25H42O12. The normalized spacial score (nSPS) is 43.4. The monoisotopic (exact) mass is 534 g/mol. The average molecular weight is 535 g/mol. The zero-order valence-electron chi connectivity index (χ0n) is 21.7. The molecule has 0 aromatic heterocycles. The van der Waals surface area contributed by atoms with E-state index in [-0.39, 0.29) is 17.1 Å². The third kappa shape index (κ3) is 6.95. The quantitative estimate of drug-likeness (QED) is 0.178. The molecule has 2 aliphatic heterocycles. The first kappa shape index (κ1) is 30.5. The average Bonchev–Trinajstić information content (AvgIpc) is 2.82. The van der Waals surface area contributed by atoms with E-state index in [1.165, 1.54) is 0 Å². The van der Waals surface area contributed by atoms with Crippen LogP contribution >= 0.6 is 0 Å². The van der Waals surface area contributed by atoms with Crippen molar-refractivity contribution in [1.82, 2.24) is 0 Å². The highest BCUT2D eigenvalue weighted by Crippen LogP contribution is 2.42. The second kappa shape index (κ2) is 12.4. The van der Waals surface area contributed by atoms with E-state index in [2.05, 4.69) is 13.8 Å². The van der Waals surface area contributed by atoms with Gasteiger partial charge in [0, 0.05) is 6.42 Å². The summed E-state index contributed by atoms with van der Waals surface area (Å²) in [5, 5.41) is 70.4. The fraction of sp³-hybridized carbons (Fsp3) is 0.880. The zero-order chi connectivity index (χ0) is 27.7. The van der Waals surface area contributed by atoms with Crippen molar-refractivity contribution < 1.29 is 59.5 Å². The Balaban J connectivity index is 1.57. The number of aliphatic hydroxyl groups excluding tert-OH is 7. The van der Waals surface area contributed by atoms with Crippen molar-refractivity contribution in [2.24, 2.45) is 11.3 Å². The summed E-state index contributed by atoms with van der Waals surface area (Å²) in [6.07, 6.45) is -11.5. The van der Waals surface area contributed by atoms with Gasteiger partial charge in [-0.2, -0.15) is 0 Å². The van der Waals surface area contributed by atoms with Crippen LogP contribution in [0.1, 0.15) is 47.0 Å². The first-order chi connectivity index (χ1) is 17.3. The predicted molar refractivity (Wildman–Crippen MR) is 127 cm³/mol. The summed E-state index contributed by atoms with van der Waals surface area (Å²) < 4.78 is 22.3. The van der Waals surface area contributed by atoms with Gasteiger partial charge in [-0.1, -0.05) is 19.4 Å². The molecule has 0 amide bonds. The van der Waals surface area contributed by atoms with Crippen LogP contribution < -0.4 is 0 Å². The van der Waals surface area contributed by atoms with Crippen LogP contribution in [0.25, 0.3) is 0 Å². The highest BCUT2D eigenvalue weighted by molar-refractivity contribution is 5.91. The summed E-state index contributed by atoms with van der Waals surface area (Å²) in [5.41, 5.74) is 0.829. The smallest absolute Gasteiger partial charge is 0.186 e. The van der Waals surface area contributed by atoms with Gasteiger partial charge in [-0.15, -0.1) is 0 Å². The number of carbonyl (C=O) groups is 1. The van der Waals surface area contributed by atoms with Crippen molar-refractivity contribution in [2.45, 2.75) is 114 Å². The lowest BCUT2D eigenvalue weighted by Gasteiger charge is -2.43. The van der Waals surface area contributed by atoms with Crippen LogP contribution in [-0.2, 0) is 23.7 Å². The molecule has 12 nitrogen and oxygen atoms in total. The Bertz CT molecular complexity index is 801. The molecule has 2 saturated heterocycles. The van der Waals surface area contributed by atoms with E-state index in [1.807, 2.05) is 6.92 Å². The van der Waals surface area contributed by atoms with Crippen molar-refractivity contribution in [1.29, 1.82) is 0 Å². The second-order valence-corrected chi connectivity index (χ2v) is 11.1. The molecule has 7 N–H and O–H groups in total. The lowest BCUT2D eigenvalue weighted by atomic mass is 9.66. The molecule has 0 radical (unpaired) electrons. The standard InChI is InChI=1S/C25H42O12/c1-11-7-13(27)8-25(3,4)14(11)6-5-12(2)35-24-22(33)20(31)18(29)16(37-24)10-34-23-21(32)19(30)17(28)15(9-26)36-23/h7,12,14-24,26,28-33H,5-6,8-10H2,1-4H3/t12?,14?,15-,16-,17-,18-,19+,20+,21-,22-,23-,24-/m1/s1. The van der Waals surface area contributed by atoms with Crippen LogP contribution in [0.4, 0.5) is 0 Å². The largest absolute Gasteiger partial charge is 0.394 e. The van der Waals surface area contributed by atoms with Gasteiger partial charge in [0.15, 0.2) is 18.4 Å². The highest BCUT2D eigenvalue weighted by atomic mass is 16.7. The molecule has 0 bridgehead atoms. The SMILES string of the molecule is CC1=CC(=O)CC(C)(C)C1CCC(C)O[C@@H]1O[C@H](CO[C@@H]2O[C@H](CO)[C@@H](O)[C@H](O)[C@H]2O)[C@@H](O)[C@H](O)[C@H]1O. The van der Waals surface area contributed by atoms with Gasteiger partial charge in [-0.05, 0) is 44.1 Å². The number of allylic oxidation sites excluding steroid dienone is 2. The molecule has 2 fully saturated rings. The lowest BCUT2D eigenvalue weighted by molar-refractivity contribution is -0.335. The van der Waals surface area contributed by atoms with Gasteiger partial charge in [0.25, 0.3) is 0 Å². The minimum atomic E-state index is -1.64. The van der Waals surface area contributed by atoms with Crippen molar-refractivity contribution in [3.05, 3.63) is 11.6 Å². The predicted octanol–water partition coefficient (Wildman–Crippen LogP) is -1.64. The zero-order valence-corrected chi connectivity index (χ0v) is 21.7. The van der Waals surface area contributed by atoms with Crippen LogP contribution in [0.15, 0.2) is 11.6 Å². The van der Waals surface area contributed by atoms with Gasteiger partial charge in [0.2, 0.25) is 0 Å². The molecular weight excluding hydrogens is 492 g/mol. The molecule has 3 rings (SSSR count). The molecule has 3 aliphatic rings. The highest BCUT2D eigenvalue weighted by Gasteiger charge is 2.48. The number of hydrogen-bond acceptors (Lipinski definition) is 12. The number of hydrogen-bond donors (Lipinski definition) is 7. The van der Waals surface area contributed by atoms with E-state index < -0.39 is 80.7 Å². The maximum absolute atomic E-state index is 11.9. The van der Waals surface area contributed by atoms with E-state index in [9.17, 15) is 40.5 Å². The molecule has 0 saturated carbocycles. The molecule has 1 aliphatic carbocycles. The van der Waals surface area contributed by atoms with E-state index in [0.717, 1.165) is 12.0 Å². The molecule has 12 atom stereocenters. The molecule has 214 valence electrons. The van der Waals surface area contributed by atoms with E-state index in [0.29, 0.717) is 12.8 Å². The molecule has 0 spiro atoms. The molecule has 0 aromatic rings. The van der Waals surface area contributed by atoms with Gasteiger partial charge in [-0.3, -0.25) is 4.79 Å². The van der Waals surface area contributed by atoms with Gasteiger partial charge in [-0.25, -0.2) is 0 Å². The van der Waals surface area contributed by atoms with E-state index in [4.69, 9.17) is 18.9 Å². The second-order valence-electron chi connectivity index (χ2n) is 11.1. The lowest BCUT2D eigenvalue weighted by Crippen LogP contribution is -2.62. The fourth-order valence-electron chi connectivity index (χ4n) is 5.47. The van der Waals surface area contributed by atoms with Gasteiger partial charge >= 0.3 is 0 Å². The summed E-state index contributed by atoms with van der Waals surface area (Å²) in [5.74, 6) is 0.298. The Hall–Kier alpha value is -1.03. The van der Waals surface area contributed by atoms with Crippen LogP contribution in [0.3, 0.4) is 0 Å². The molecule has 2 unspecified atom stereocenters. The Morgan fingerprint density at radius 1 is 0.946 bits per heavy atom. The van der Waals surface area contributed by atoms with Gasteiger partial charge in [0.1, 0.15) is 48.8 Å². The van der Waals surface area contributed by atoms with Crippen LogP contribution in [-0.4, -0.2) is 122 Å². The number of ketones is 1. The van der Waals surface area contributed by atoms with Crippen molar-refractivity contribution in [2.75, 3.05) is 13.2 Å². The minimum absolute atomic E-state index is 0.117. The topological polar surface area (TPSA) is 196 Å². The first-order valence-corrected chi connectivity index (χ1v) is 12.7. The Morgan fingerprint density at radius 2 is 1.51 bits per heavy atom. The van der Waals surface area contributed by atoms with Crippen LogP contribution in [0.5, 0.6) is 0 Å². The third-order valence-electron chi connectivity index (χ3n) is 7.68. The first-order valence-electron chi connectivity index (χ1n) is 12.7. The Kier molecular flexibility index (Phi) is 10.3. The summed E-state index contributed by atoms with van der Waals surface area (Å²) in [4.78, 5) is 11.9.